The number of hydrogen-bond donors (Lipinski definition) is 1. The predicted octanol–water partition coefficient (Wildman–Crippen LogP) is 3.10. The van der Waals surface area contributed by atoms with Gasteiger partial charge in [0.1, 0.15) is 11.3 Å². The molecule has 0 bridgehead atoms. The molecule has 6 heteroatoms. The van der Waals surface area contributed by atoms with Crippen molar-refractivity contribution in [1.29, 1.82) is 0 Å². The Labute approximate surface area is 151 Å². The normalized spacial score (nSPS) is 16.4. The quantitative estimate of drug-likeness (QED) is 0.783. The summed E-state index contributed by atoms with van der Waals surface area (Å²) in [6.45, 7) is 5.09. The summed E-state index contributed by atoms with van der Waals surface area (Å²) < 4.78 is 1.91. The van der Waals surface area contributed by atoms with Crippen LogP contribution in [-0.4, -0.2) is 39.3 Å². The third-order valence-electron chi connectivity index (χ3n) is 4.71. The van der Waals surface area contributed by atoms with Crippen LogP contribution < -0.4 is 5.32 Å². The first-order valence-electron chi connectivity index (χ1n) is 8.68. The Hall–Kier alpha value is -2.18. The van der Waals surface area contributed by atoms with E-state index in [2.05, 4.69) is 32.7 Å². The topological polar surface area (TPSA) is 49.6 Å². The Balaban J connectivity index is 1.33. The molecule has 5 nitrogen and oxygen atoms in total. The van der Waals surface area contributed by atoms with Gasteiger partial charge in [-0.15, -0.1) is 11.3 Å². The Kier molecular flexibility index (Phi) is 4.55. The molecule has 3 aromatic heterocycles. The van der Waals surface area contributed by atoms with Crippen LogP contribution in [0.25, 0.3) is 5.65 Å². The number of amides is 1. The van der Waals surface area contributed by atoms with Crippen LogP contribution in [0.2, 0.25) is 0 Å². The number of rotatable bonds is 4. The first kappa shape index (κ1) is 16.3. The number of fused-ring (bicyclic) bond motifs is 1. The molecule has 1 aliphatic heterocycles. The number of aromatic nitrogens is 2. The van der Waals surface area contributed by atoms with E-state index in [-0.39, 0.29) is 11.9 Å². The van der Waals surface area contributed by atoms with Crippen LogP contribution in [0.4, 0.5) is 0 Å². The fraction of sp³-hybridized carbons (Fsp3) is 0.368. The van der Waals surface area contributed by atoms with Crippen LogP contribution in [0.1, 0.15) is 33.8 Å². The van der Waals surface area contributed by atoms with E-state index < -0.39 is 0 Å². The predicted molar refractivity (Wildman–Crippen MR) is 100 cm³/mol. The van der Waals surface area contributed by atoms with Crippen LogP contribution >= 0.6 is 11.3 Å². The number of nitrogens with zero attached hydrogens (tertiary/aromatic N) is 3. The highest BCUT2D eigenvalue weighted by atomic mass is 32.1. The molecular weight excluding hydrogens is 332 g/mol. The van der Waals surface area contributed by atoms with Crippen molar-refractivity contribution >= 4 is 22.9 Å². The summed E-state index contributed by atoms with van der Waals surface area (Å²) in [5.41, 5.74) is 2.45. The number of likely N-dealkylation sites (tertiary alicyclic amines) is 1. The summed E-state index contributed by atoms with van der Waals surface area (Å²) in [6, 6.07) is 8.47. The van der Waals surface area contributed by atoms with E-state index >= 15 is 0 Å². The van der Waals surface area contributed by atoms with Gasteiger partial charge in [-0.1, -0.05) is 12.1 Å². The Morgan fingerprint density at radius 1 is 1.28 bits per heavy atom. The summed E-state index contributed by atoms with van der Waals surface area (Å²) in [7, 11) is 0. The average molecular weight is 354 g/mol. The highest BCUT2D eigenvalue weighted by Crippen LogP contribution is 2.17. The number of aryl methyl sites for hydroxylation is 1. The van der Waals surface area contributed by atoms with Crippen molar-refractivity contribution in [2.24, 2.45) is 0 Å². The summed E-state index contributed by atoms with van der Waals surface area (Å²) >= 11 is 1.81. The molecule has 1 aliphatic rings. The third-order valence-corrected chi connectivity index (χ3v) is 5.58. The number of carbonyl (C=O) groups excluding carboxylic acids is 1. The van der Waals surface area contributed by atoms with Gasteiger partial charge in [0.2, 0.25) is 0 Å². The van der Waals surface area contributed by atoms with E-state index in [1.165, 1.54) is 4.88 Å². The van der Waals surface area contributed by atoms with E-state index in [0.29, 0.717) is 5.69 Å². The van der Waals surface area contributed by atoms with Crippen molar-refractivity contribution in [1.82, 2.24) is 19.6 Å². The van der Waals surface area contributed by atoms with Gasteiger partial charge in [-0.25, -0.2) is 4.98 Å². The molecule has 1 saturated heterocycles. The molecule has 0 unspecified atom stereocenters. The fourth-order valence-electron chi connectivity index (χ4n) is 3.33. The molecule has 25 heavy (non-hydrogen) atoms. The zero-order valence-corrected chi connectivity index (χ0v) is 15.1. The van der Waals surface area contributed by atoms with Crippen LogP contribution in [0.15, 0.2) is 42.0 Å². The summed E-state index contributed by atoms with van der Waals surface area (Å²) in [5, 5.41) is 5.27. The van der Waals surface area contributed by atoms with Gasteiger partial charge < -0.3 is 9.72 Å². The molecule has 0 aliphatic carbocycles. The lowest BCUT2D eigenvalue weighted by Crippen LogP contribution is -2.44. The molecule has 0 atom stereocenters. The van der Waals surface area contributed by atoms with Crippen LogP contribution in [0, 0.1) is 6.92 Å². The first-order valence-corrected chi connectivity index (χ1v) is 9.56. The Morgan fingerprint density at radius 3 is 2.88 bits per heavy atom. The molecule has 1 N–H and O–H groups in total. The molecular formula is C19H22N4OS. The molecule has 0 aromatic carbocycles. The minimum atomic E-state index is -0.0712. The van der Waals surface area contributed by atoms with E-state index in [0.717, 1.165) is 43.7 Å². The maximum atomic E-state index is 12.5. The first-order chi connectivity index (χ1) is 12.2. The zero-order valence-electron chi connectivity index (χ0n) is 14.3. The van der Waals surface area contributed by atoms with Gasteiger partial charge in [-0.3, -0.25) is 9.69 Å². The van der Waals surface area contributed by atoms with Crippen molar-refractivity contribution < 1.29 is 4.79 Å². The van der Waals surface area contributed by atoms with Crippen LogP contribution in [0.5, 0.6) is 0 Å². The van der Waals surface area contributed by atoms with Crippen molar-refractivity contribution in [3.05, 3.63) is 58.2 Å². The number of piperidine rings is 1. The molecule has 0 saturated carbocycles. The molecule has 3 aromatic rings. The van der Waals surface area contributed by atoms with E-state index in [1.54, 1.807) is 11.3 Å². The molecule has 0 radical (unpaired) electrons. The highest BCUT2D eigenvalue weighted by molar-refractivity contribution is 7.09. The van der Waals surface area contributed by atoms with Gasteiger partial charge in [0.05, 0.1) is 0 Å². The SMILES string of the molecule is Cc1ccc2nc(C(=O)NC3CCN(Cc4cccs4)CC3)cn2c1. The summed E-state index contributed by atoms with van der Waals surface area (Å²) in [5.74, 6) is -0.0712. The van der Waals surface area contributed by atoms with Crippen molar-refractivity contribution in [3.63, 3.8) is 0 Å². The fourth-order valence-corrected chi connectivity index (χ4v) is 4.08. The van der Waals surface area contributed by atoms with Crippen LogP contribution in [-0.2, 0) is 6.54 Å². The van der Waals surface area contributed by atoms with Crippen molar-refractivity contribution in [2.45, 2.75) is 32.4 Å². The lowest BCUT2D eigenvalue weighted by Gasteiger charge is -2.31. The van der Waals surface area contributed by atoms with E-state index in [4.69, 9.17) is 0 Å². The molecule has 4 rings (SSSR count). The lowest BCUT2D eigenvalue weighted by atomic mass is 10.0. The van der Waals surface area contributed by atoms with E-state index in [9.17, 15) is 4.79 Å². The van der Waals surface area contributed by atoms with Crippen molar-refractivity contribution in [3.8, 4) is 0 Å². The van der Waals surface area contributed by atoms with Gasteiger partial charge >= 0.3 is 0 Å². The number of imidazole rings is 1. The second-order valence-corrected chi connectivity index (χ2v) is 7.73. The smallest absolute Gasteiger partial charge is 0.271 e. The number of thiophene rings is 1. The van der Waals surface area contributed by atoms with Gasteiger partial charge in [0.25, 0.3) is 5.91 Å². The van der Waals surface area contributed by atoms with Gasteiger partial charge in [0, 0.05) is 42.9 Å². The second-order valence-electron chi connectivity index (χ2n) is 6.70. The molecule has 130 valence electrons. The standard InChI is InChI=1S/C19H22N4OS/c1-14-4-5-18-21-17(13-23(18)11-14)19(24)20-15-6-8-22(9-7-15)12-16-3-2-10-25-16/h2-5,10-11,13,15H,6-9,12H2,1H3,(H,20,24). The molecule has 0 spiro atoms. The molecule has 1 amide bonds. The highest BCUT2D eigenvalue weighted by Gasteiger charge is 2.22. The van der Waals surface area contributed by atoms with Crippen molar-refractivity contribution in [2.75, 3.05) is 13.1 Å². The van der Waals surface area contributed by atoms with Gasteiger partial charge in [0.15, 0.2) is 0 Å². The minimum Gasteiger partial charge on any atom is -0.348 e. The maximum Gasteiger partial charge on any atom is 0.271 e. The van der Waals surface area contributed by atoms with Crippen LogP contribution in [0.3, 0.4) is 0 Å². The average Bonchev–Trinajstić information content (AvgIpc) is 3.25. The van der Waals surface area contributed by atoms with Gasteiger partial charge in [-0.2, -0.15) is 0 Å². The summed E-state index contributed by atoms with van der Waals surface area (Å²) in [6.07, 6.45) is 5.78. The third kappa shape index (κ3) is 3.75. The number of carbonyl (C=O) groups is 1. The number of nitrogens with one attached hydrogen (secondary N) is 1. The number of hydrogen-bond acceptors (Lipinski definition) is 4. The van der Waals surface area contributed by atoms with Gasteiger partial charge in [-0.05, 0) is 42.8 Å². The van der Waals surface area contributed by atoms with E-state index in [1.807, 2.05) is 35.9 Å². The Morgan fingerprint density at radius 2 is 2.12 bits per heavy atom. The Bertz CT molecular complexity index is 863. The summed E-state index contributed by atoms with van der Waals surface area (Å²) in [4.78, 5) is 20.8. The maximum absolute atomic E-state index is 12.5. The minimum absolute atomic E-state index is 0.0712. The molecule has 4 heterocycles. The zero-order chi connectivity index (χ0) is 17.2. The number of pyridine rings is 1. The second kappa shape index (κ2) is 6.98. The lowest BCUT2D eigenvalue weighted by molar-refractivity contribution is 0.0905. The monoisotopic (exact) mass is 354 g/mol. The largest absolute Gasteiger partial charge is 0.348 e. The molecule has 1 fully saturated rings.